The van der Waals surface area contributed by atoms with Crippen LogP contribution in [0.3, 0.4) is 0 Å². The van der Waals surface area contributed by atoms with Crippen molar-refractivity contribution in [3.8, 4) is 22.9 Å². The second-order valence-electron chi connectivity index (χ2n) is 9.91. The van der Waals surface area contributed by atoms with E-state index in [1.807, 2.05) is 48.5 Å². The van der Waals surface area contributed by atoms with E-state index in [2.05, 4.69) is 45.2 Å². The number of nitrogens with zero attached hydrogens (tertiary/aromatic N) is 7. The van der Waals surface area contributed by atoms with E-state index in [-0.39, 0.29) is 17.4 Å². The van der Waals surface area contributed by atoms with Gasteiger partial charge in [0, 0.05) is 23.3 Å². The van der Waals surface area contributed by atoms with Gasteiger partial charge < -0.3 is 11.1 Å². The average Bonchev–Trinajstić information content (AvgIpc) is 3.00. The Balaban J connectivity index is 1.60. The number of benzene rings is 3. The smallest absolute Gasteiger partial charge is 0.266 e. The van der Waals surface area contributed by atoms with Crippen LogP contribution in [-0.4, -0.2) is 29.5 Å². The maximum Gasteiger partial charge on any atom is 0.266 e. The number of fused-ring (bicyclic) bond motifs is 2. The Morgan fingerprint density at radius 3 is 2.44 bits per heavy atom. The van der Waals surface area contributed by atoms with Gasteiger partial charge in [0.25, 0.3) is 5.56 Å². The molecule has 10 heteroatoms. The van der Waals surface area contributed by atoms with Gasteiger partial charge in [-0.05, 0) is 47.9 Å². The van der Waals surface area contributed by atoms with E-state index >= 15 is 0 Å². The maximum absolute atomic E-state index is 14.5. The number of anilines is 2. The standard InChI is InChI=1S/C31H25N9O/c1-18(2)27(39-28-23-13-19(14-32)11-12-24(23)36-17-37-28)29-38-25-10-6-9-22(20-15-34-31(33)35-16-20)26(25)30(41)40(29)21-7-4-3-5-8-21/h3-13,15-18,27H,1-2H3,(H2,33,34,35)(H,36,37,39)/t27-/m0/s1. The number of nitriles is 1. The largest absolute Gasteiger partial charge is 0.368 e. The Labute approximate surface area is 235 Å². The third-order valence-corrected chi connectivity index (χ3v) is 6.92. The van der Waals surface area contributed by atoms with Crippen molar-refractivity contribution in [1.29, 1.82) is 5.26 Å². The maximum atomic E-state index is 14.5. The van der Waals surface area contributed by atoms with Crippen LogP contribution in [0, 0.1) is 17.2 Å². The molecule has 0 aliphatic rings. The summed E-state index contributed by atoms with van der Waals surface area (Å²) in [5, 5.41) is 14.2. The fourth-order valence-electron chi connectivity index (χ4n) is 4.92. The second kappa shape index (κ2) is 10.5. The number of hydrogen-bond donors (Lipinski definition) is 2. The van der Waals surface area contributed by atoms with Crippen LogP contribution in [0.1, 0.15) is 31.3 Å². The first-order valence-corrected chi connectivity index (χ1v) is 13.0. The van der Waals surface area contributed by atoms with E-state index < -0.39 is 6.04 Å². The molecule has 0 radical (unpaired) electrons. The minimum Gasteiger partial charge on any atom is -0.368 e. The quantitative estimate of drug-likeness (QED) is 0.296. The van der Waals surface area contributed by atoms with Gasteiger partial charge in [-0.15, -0.1) is 0 Å². The highest BCUT2D eigenvalue weighted by molar-refractivity contribution is 5.94. The summed E-state index contributed by atoms with van der Waals surface area (Å²) < 4.78 is 1.64. The molecule has 3 heterocycles. The van der Waals surface area contributed by atoms with Gasteiger partial charge in [0.2, 0.25) is 5.95 Å². The fourth-order valence-corrected chi connectivity index (χ4v) is 4.92. The van der Waals surface area contributed by atoms with E-state index in [1.54, 1.807) is 35.2 Å². The van der Waals surface area contributed by atoms with Crippen LogP contribution in [0.25, 0.3) is 38.6 Å². The molecular formula is C31H25N9O. The molecule has 3 aromatic carbocycles. The molecule has 0 unspecified atom stereocenters. The summed E-state index contributed by atoms with van der Waals surface area (Å²) in [5.74, 6) is 1.22. The van der Waals surface area contributed by atoms with Crippen molar-refractivity contribution >= 4 is 33.6 Å². The van der Waals surface area contributed by atoms with E-state index in [1.165, 1.54) is 6.33 Å². The molecule has 0 saturated heterocycles. The lowest BCUT2D eigenvalue weighted by molar-refractivity contribution is 0.509. The van der Waals surface area contributed by atoms with Gasteiger partial charge in [-0.3, -0.25) is 9.36 Å². The normalized spacial score (nSPS) is 12.0. The van der Waals surface area contributed by atoms with Gasteiger partial charge in [-0.1, -0.05) is 44.2 Å². The molecule has 6 aromatic rings. The van der Waals surface area contributed by atoms with Crippen molar-refractivity contribution in [3.05, 3.63) is 107 Å². The number of nitrogens with two attached hydrogens (primary N) is 1. The number of rotatable bonds is 6. The van der Waals surface area contributed by atoms with Crippen molar-refractivity contribution in [2.45, 2.75) is 19.9 Å². The molecule has 0 spiro atoms. The molecule has 41 heavy (non-hydrogen) atoms. The predicted molar refractivity (Wildman–Crippen MR) is 158 cm³/mol. The van der Waals surface area contributed by atoms with Crippen molar-refractivity contribution in [3.63, 3.8) is 0 Å². The molecule has 0 aliphatic heterocycles. The Kier molecular flexibility index (Phi) is 6.53. The van der Waals surface area contributed by atoms with Crippen LogP contribution in [0.15, 0.2) is 90.2 Å². The fraction of sp³-hybridized carbons (Fsp3) is 0.129. The SMILES string of the molecule is CC(C)[C@H](Nc1ncnc2ccc(C#N)cc12)c1nc2cccc(-c3cnc(N)nc3)c2c(=O)n1-c1ccccc1. The Hall–Kier alpha value is -5.69. The third-order valence-electron chi connectivity index (χ3n) is 6.92. The summed E-state index contributed by atoms with van der Waals surface area (Å²) in [5.41, 5.74) is 9.23. The van der Waals surface area contributed by atoms with Gasteiger partial charge in [-0.2, -0.15) is 5.26 Å². The highest BCUT2D eigenvalue weighted by atomic mass is 16.1. The van der Waals surface area contributed by atoms with Crippen molar-refractivity contribution < 1.29 is 0 Å². The van der Waals surface area contributed by atoms with Crippen LogP contribution in [0.5, 0.6) is 0 Å². The minimum atomic E-state index is -0.431. The Bertz CT molecular complexity index is 2000. The molecule has 6 rings (SSSR count). The predicted octanol–water partition coefficient (Wildman–Crippen LogP) is 5.05. The highest BCUT2D eigenvalue weighted by Crippen LogP contribution is 2.32. The highest BCUT2D eigenvalue weighted by Gasteiger charge is 2.26. The summed E-state index contributed by atoms with van der Waals surface area (Å²) >= 11 is 0. The lowest BCUT2D eigenvalue weighted by Crippen LogP contribution is -2.31. The second-order valence-corrected chi connectivity index (χ2v) is 9.91. The zero-order chi connectivity index (χ0) is 28.5. The van der Waals surface area contributed by atoms with E-state index in [4.69, 9.17) is 10.7 Å². The number of hydrogen-bond acceptors (Lipinski definition) is 9. The van der Waals surface area contributed by atoms with E-state index in [0.29, 0.717) is 55.8 Å². The number of aromatic nitrogens is 6. The molecular weight excluding hydrogens is 514 g/mol. The first-order chi connectivity index (χ1) is 19.9. The number of nitrogens with one attached hydrogen (secondary N) is 1. The van der Waals surface area contributed by atoms with Gasteiger partial charge in [0.15, 0.2) is 0 Å². The van der Waals surface area contributed by atoms with Crippen molar-refractivity contribution in [1.82, 2.24) is 29.5 Å². The number of para-hydroxylation sites is 1. The molecule has 0 aliphatic carbocycles. The van der Waals surface area contributed by atoms with Crippen LogP contribution >= 0.6 is 0 Å². The molecule has 0 amide bonds. The summed E-state index contributed by atoms with van der Waals surface area (Å²) in [6.45, 7) is 4.10. The minimum absolute atomic E-state index is 0.00726. The third kappa shape index (κ3) is 4.70. The summed E-state index contributed by atoms with van der Waals surface area (Å²) in [7, 11) is 0. The molecule has 0 bridgehead atoms. The van der Waals surface area contributed by atoms with Gasteiger partial charge in [0.05, 0.1) is 39.8 Å². The van der Waals surface area contributed by atoms with Gasteiger partial charge in [0.1, 0.15) is 18.0 Å². The van der Waals surface area contributed by atoms with E-state index in [0.717, 1.165) is 0 Å². The topological polar surface area (TPSA) is 148 Å². The summed E-state index contributed by atoms with van der Waals surface area (Å²) in [6.07, 6.45) is 4.68. The first kappa shape index (κ1) is 25.6. The van der Waals surface area contributed by atoms with Gasteiger partial charge in [-0.25, -0.2) is 24.9 Å². The van der Waals surface area contributed by atoms with Gasteiger partial charge >= 0.3 is 0 Å². The van der Waals surface area contributed by atoms with Crippen LogP contribution < -0.4 is 16.6 Å². The lowest BCUT2D eigenvalue weighted by atomic mass is 10.0. The van der Waals surface area contributed by atoms with Crippen LogP contribution in [0.2, 0.25) is 0 Å². The zero-order valence-corrected chi connectivity index (χ0v) is 22.4. The zero-order valence-electron chi connectivity index (χ0n) is 22.4. The van der Waals surface area contributed by atoms with Crippen LogP contribution in [-0.2, 0) is 0 Å². The molecule has 200 valence electrons. The number of nitrogen functional groups attached to an aromatic ring is 1. The average molecular weight is 540 g/mol. The summed E-state index contributed by atoms with van der Waals surface area (Å²) in [4.78, 5) is 36.6. The van der Waals surface area contributed by atoms with Crippen molar-refractivity contribution in [2.24, 2.45) is 5.92 Å². The lowest BCUT2D eigenvalue weighted by Gasteiger charge is -2.26. The first-order valence-electron chi connectivity index (χ1n) is 13.0. The van der Waals surface area contributed by atoms with E-state index in [9.17, 15) is 10.1 Å². The Morgan fingerprint density at radius 2 is 1.71 bits per heavy atom. The van der Waals surface area contributed by atoms with Crippen molar-refractivity contribution in [2.75, 3.05) is 11.1 Å². The Morgan fingerprint density at radius 1 is 0.927 bits per heavy atom. The molecule has 1 atom stereocenters. The summed E-state index contributed by atoms with van der Waals surface area (Å²) in [6, 6.07) is 22.0. The molecule has 0 saturated carbocycles. The molecule has 3 aromatic heterocycles. The molecule has 10 nitrogen and oxygen atoms in total. The molecule has 3 N–H and O–H groups in total. The van der Waals surface area contributed by atoms with Crippen LogP contribution in [0.4, 0.5) is 11.8 Å². The molecule has 0 fully saturated rings. The monoisotopic (exact) mass is 539 g/mol.